The quantitative estimate of drug-likeness (QED) is 0.801. The first-order valence-corrected chi connectivity index (χ1v) is 6.95. The Bertz CT molecular complexity index is 725. The highest BCUT2D eigenvalue weighted by atomic mass is 32.1. The normalized spacial score (nSPS) is 10.7. The third-order valence-corrected chi connectivity index (χ3v) is 3.80. The Kier molecular flexibility index (Phi) is 3.43. The largest absolute Gasteiger partial charge is 0.375 e. The lowest BCUT2D eigenvalue weighted by Crippen LogP contribution is -1.93. The van der Waals surface area contributed by atoms with Gasteiger partial charge in [-0.1, -0.05) is 18.2 Å². The molecule has 0 spiro atoms. The van der Waals surface area contributed by atoms with Crippen LogP contribution in [-0.4, -0.2) is 9.97 Å². The van der Waals surface area contributed by atoms with Gasteiger partial charge in [-0.25, -0.2) is 9.37 Å². The average molecular weight is 285 g/mol. The van der Waals surface area contributed by atoms with E-state index in [9.17, 15) is 4.39 Å². The maximum absolute atomic E-state index is 13.9. The highest BCUT2D eigenvalue weighted by Crippen LogP contribution is 2.32. The second-order valence-corrected chi connectivity index (χ2v) is 5.42. The van der Waals surface area contributed by atoms with Crippen LogP contribution in [0.25, 0.3) is 11.3 Å². The van der Waals surface area contributed by atoms with E-state index in [1.54, 1.807) is 24.4 Å². The maximum atomic E-state index is 13.9. The standard InChI is InChI=1S/C15H12FN3S/c16-12-7-2-1-6-11(12)14-13(20-15(17)19-14)9-10-5-3-4-8-18-10/h1-8H,9H2,(H2,17,19). The van der Waals surface area contributed by atoms with Gasteiger partial charge >= 0.3 is 0 Å². The summed E-state index contributed by atoms with van der Waals surface area (Å²) in [5.41, 5.74) is 7.78. The molecule has 0 fully saturated rings. The van der Waals surface area contributed by atoms with Gasteiger partial charge in [0.1, 0.15) is 5.82 Å². The highest BCUT2D eigenvalue weighted by molar-refractivity contribution is 7.15. The van der Waals surface area contributed by atoms with Gasteiger partial charge in [-0.05, 0) is 24.3 Å². The molecule has 0 amide bonds. The van der Waals surface area contributed by atoms with Crippen molar-refractivity contribution in [1.29, 1.82) is 0 Å². The van der Waals surface area contributed by atoms with Crippen molar-refractivity contribution in [2.24, 2.45) is 0 Å². The van der Waals surface area contributed by atoms with Gasteiger partial charge in [-0.3, -0.25) is 4.98 Å². The Morgan fingerprint density at radius 2 is 1.90 bits per heavy atom. The zero-order valence-electron chi connectivity index (χ0n) is 10.6. The number of hydrogen-bond acceptors (Lipinski definition) is 4. The number of nitrogen functional groups attached to an aromatic ring is 1. The predicted molar refractivity (Wildman–Crippen MR) is 79.0 cm³/mol. The fourth-order valence-electron chi connectivity index (χ4n) is 2.02. The molecule has 0 unspecified atom stereocenters. The second kappa shape index (κ2) is 5.38. The van der Waals surface area contributed by atoms with Crippen molar-refractivity contribution in [3.05, 3.63) is 65.0 Å². The Balaban J connectivity index is 2.03. The topological polar surface area (TPSA) is 51.8 Å². The van der Waals surface area contributed by atoms with Gasteiger partial charge < -0.3 is 5.73 Å². The van der Waals surface area contributed by atoms with Crippen molar-refractivity contribution in [3.63, 3.8) is 0 Å². The van der Waals surface area contributed by atoms with E-state index in [4.69, 9.17) is 5.73 Å². The maximum Gasteiger partial charge on any atom is 0.180 e. The van der Waals surface area contributed by atoms with Crippen molar-refractivity contribution in [2.45, 2.75) is 6.42 Å². The number of nitrogens with two attached hydrogens (primary N) is 1. The molecule has 3 rings (SSSR count). The molecule has 2 N–H and O–H groups in total. The number of aromatic nitrogens is 2. The summed E-state index contributed by atoms with van der Waals surface area (Å²) >= 11 is 1.37. The first-order chi connectivity index (χ1) is 9.74. The van der Waals surface area contributed by atoms with Crippen LogP contribution >= 0.6 is 11.3 Å². The van der Waals surface area contributed by atoms with E-state index in [1.165, 1.54) is 17.4 Å². The van der Waals surface area contributed by atoms with Crippen molar-refractivity contribution in [1.82, 2.24) is 9.97 Å². The summed E-state index contributed by atoms with van der Waals surface area (Å²) in [5, 5.41) is 0.439. The Hall–Kier alpha value is -2.27. The average Bonchev–Trinajstić information content (AvgIpc) is 2.81. The van der Waals surface area contributed by atoms with E-state index in [0.29, 0.717) is 22.8 Å². The molecule has 3 aromatic rings. The first kappa shape index (κ1) is 12.7. The van der Waals surface area contributed by atoms with Crippen LogP contribution in [-0.2, 0) is 6.42 Å². The third-order valence-electron chi connectivity index (χ3n) is 2.91. The fraction of sp³-hybridized carbons (Fsp3) is 0.0667. The zero-order valence-corrected chi connectivity index (χ0v) is 11.4. The minimum Gasteiger partial charge on any atom is -0.375 e. The molecular weight excluding hydrogens is 273 g/mol. The van der Waals surface area contributed by atoms with Crippen LogP contribution in [0.4, 0.5) is 9.52 Å². The van der Waals surface area contributed by atoms with Crippen LogP contribution in [0.1, 0.15) is 10.6 Å². The third kappa shape index (κ3) is 2.53. The number of pyridine rings is 1. The highest BCUT2D eigenvalue weighted by Gasteiger charge is 2.15. The molecule has 0 saturated heterocycles. The van der Waals surface area contributed by atoms with E-state index < -0.39 is 0 Å². The van der Waals surface area contributed by atoms with E-state index in [0.717, 1.165) is 10.6 Å². The summed E-state index contributed by atoms with van der Waals surface area (Å²) in [6, 6.07) is 12.3. The van der Waals surface area contributed by atoms with Crippen molar-refractivity contribution in [3.8, 4) is 11.3 Å². The van der Waals surface area contributed by atoms with Gasteiger partial charge in [0.25, 0.3) is 0 Å². The lowest BCUT2D eigenvalue weighted by Gasteiger charge is -2.03. The molecule has 0 aliphatic rings. The number of nitrogens with zero attached hydrogens (tertiary/aromatic N) is 2. The van der Waals surface area contributed by atoms with Crippen molar-refractivity contribution < 1.29 is 4.39 Å². The predicted octanol–water partition coefficient (Wildman–Crippen LogP) is 3.52. The molecule has 0 atom stereocenters. The Morgan fingerprint density at radius 1 is 1.10 bits per heavy atom. The number of hydrogen-bond donors (Lipinski definition) is 1. The second-order valence-electron chi connectivity index (χ2n) is 4.30. The SMILES string of the molecule is Nc1nc(-c2ccccc2F)c(Cc2ccccn2)s1. The Labute approximate surface area is 119 Å². The van der Waals surface area contributed by atoms with E-state index in [2.05, 4.69) is 9.97 Å². The molecule has 20 heavy (non-hydrogen) atoms. The van der Waals surface area contributed by atoms with Crippen molar-refractivity contribution in [2.75, 3.05) is 5.73 Å². The number of halogens is 1. The zero-order chi connectivity index (χ0) is 13.9. The molecule has 0 saturated carbocycles. The van der Waals surface area contributed by atoms with Gasteiger partial charge in [0.2, 0.25) is 0 Å². The van der Waals surface area contributed by atoms with Gasteiger partial charge in [-0.15, -0.1) is 11.3 Å². The van der Waals surface area contributed by atoms with Gasteiger partial charge in [-0.2, -0.15) is 0 Å². The molecule has 100 valence electrons. The molecule has 0 bridgehead atoms. The molecule has 0 aliphatic heterocycles. The van der Waals surface area contributed by atoms with Crippen molar-refractivity contribution >= 4 is 16.5 Å². The fourth-order valence-corrected chi connectivity index (χ4v) is 2.88. The summed E-state index contributed by atoms with van der Waals surface area (Å²) in [6.07, 6.45) is 2.34. The molecule has 5 heteroatoms. The van der Waals surface area contributed by atoms with Gasteiger partial charge in [0.15, 0.2) is 5.13 Å². The van der Waals surface area contributed by atoms with Crippen LogP contribution in [0.3, 0.4) is 0 Å². The summed E-state index contributed by atoms with van der Waals surface area (Å²) in [4.78, 5) is 9.47. The molecule has 1 aromatic carbocycles. The number of benzene rings is 1. The van der Waals surface area contributed by atoms with E-state index in [-0.39, 0.29) is 5.82 Å². The number of rotatable bonds is 3. The van der Waals surface area contributed by atoms with Crippen LogP contribution in [0.15, 0.2) is 48.7 Å². The van der Waals surface area contributed by atoms with E-state index >= 15 is 0 Å². The van der Waals surface area contributed by atoms with Crippen LogP contribution < -0.4 is 5.73 Å². The molecule has 0 radical (unpaired) electrons. The summed E-state index contributed by atoms with van der Waals surface area (Å²) < 4.78 is 13.9. The first-order valence-electron chi connectivity index (χ1n) is 6.14. The van der Waals surface area contributed by atoms with Crippen LogP contribution in [0, 0.1) is 5.82 Å². The monoisotopic (exact) mass is 285 g/mol. The lowest BCUT2D eigenvalue weighted by atomic mass is 10.1. The van der Waals surface area contributed by atoms with E-state index in [1.807, 2.05) is 18.2 Å². The number of anilines is 1. The van der Waals surface area contributed by atoms with Gasteiger partial charge in [0.05, 0.1) is 5.69 Å². The summed E-state index contributed by atoms with van der Waals surface area (Å²) in [6.45, 7) is 0. The van der Waals surface area contributed by atoms with Crippen LogP contribution in [0.2, 0.25) is 0 Å². The number of thiazole rings is 1. The summed E-state index contributed by atoms with van der Waals surface area (Å²) in [5.74, 6) is -0.292. The lowest BCUT2D eigenvalue weighted by molar-refractivity contribution is 0.630. The molecule has 3 nitrogen and oxygen atoms in total. The molecular formula is C15H12FN3S. The molecule has 0 aliphatic carbocycles. The van der Waals surface area contributed by atoms with Crippen LogP contribution in [0.5, 0.6) is 0 Å². The molecule has 2 aromatic heterocycles. The Morgan fingerprint density at radius 3 is 2.65 bits per heavy atom. The molecule has 2 heterocycles. The summed E-state index contributed by atoms with van der Waals surface area (Å²) in [7, 11) is 0. The minimum absolute atomic E-state index is 0.292. The smallest absolute Gasteiger partial charge is 0.180 e. The minimum atomic E-state index is -0.292. The van der Waals surface area contributed by atoms with Gasteiger partial charge in [0, 0.05) is 28.8 Å².